The maximum atomic E-state index is 5.30. The zero-order chi connectivity index (χ0) is 6.69. The van der Waals surface area contributed by atoms with Gasteiger partial charge in [-0.15, -0.1) is 0 Å². The van der Waals surface area contributed by atoms with Crippen LogP contribution in [-0.2, 0) is 4.74 Å². The molecule has 1 N–H and O–H groups in total. The van der Waals surface area contributed by atoms with Crippen molar-refractivity contribution in [3.05, 3.63) is 11.8 Å². The lowest BCUT2D eigenvalue weighted by atomic mass is 10.2. The van der Waals surface area contributed by atoms with Crippen molar-refractivity contribution in [2.24, 2.45) is 5.92 Å². The van der Waals surface area contributed by atoms with Gasteiger partial charge in [0.1, 0.15) is 5.76 Å². The summed E-state index contributed by atoms with van der Waals surface area (Å²) < 4.78 is 5.30. The molecule has 1 unspecified atom stereocenters. The van der Waals surface area contributed by atoms with Gasteiger partial charge in [-0.25, -0.2) is 0 Å². The summed E-state index contributed by atoms with van der Waals surface area (Å²) in [6.07, 6.45) is 2.16. The van der Waals surface area contributed by atoms with Crippen LogP contribution in [0.25, 0.3) is 0 Å². The van der Waals surface area contributed by atoms with Gasteiger partial charge in [0.15, 0.2) is 0 Å². The van der Waals surface area contributed by atoms with Crippen molar-refractivity contribution in [3.8, 4) is 0 Å². The summed E-state index contributed by atoms with van der Waals surface area (Å²) >= 11 is 0. The maximum Gasteiger partial charge on any atom is 0.106 e. The molecule has 1 aliphatic rings. The Labute approximate surface area is 55.9 Å². The molecule has 0 aromatic heterocycles. The normalized spacial score (nSPS) is 25.6. The van der Waals surface area contributed by atoms with Gasteiger partial charge in [-0.3, -0.25) is 0 Å². The highest BCUT2D eigenvalue weighted by Gasteiger charge is 2.10. The number of ether oxygens (including phenoxy) is 1. The first-order valence-electron chi connectivity index (χ1n) is 3.31. The molecule has 1 atom stereocenters. The molecule has 1 rings (SSSR count). The Balaban J connectivity index is 2.33. The van der Waals surface area contributed by atoms with Gasteiger partial charge in [0.2, 0.25) is 0 Å². The lowest BCUT2D eigenvalue weighted by Gasteiger charge is -2.00. The standard InChI is InChI=1S/C7H13NO/c1-6-3-7(4-8-2)9-5-6/h3,6,8H,4-5H2,1-2H3. The van der Waals surface area contributed by atoms with E-state index in [2.05, 4.69) is 18.3 Å². The van der Waals surface area contributed by atoms with Crippen molar-refractivity contribution < 1.29 is 4.74 Å². The second kappa shape index (κ2) is 2.87. The van der Waals surface area contributed by atoms with Crippen molar-refractivity contribution in [3.63, 3.8) is 0 Å². The van der Waals surface area contributed by atoms with Crippen LogP contribution in [0.3, 0.4) is 0 Å². The summed E-state index contributed by atoms with van der Waals surface area (Å²) in [4.78, 5) is 0. The summed E-state index contributed by atoms with van der Waals surface area (Å²) in [5.41, 5.74) is 0. The fourth-order valence-corrected chi connectivity index (χ4v) is 0.936. The van der Waals surface area contributed by atoms with Gasteiger partial charge in [-0.2, -0.15) is 0 Å². The molecule has 0 radical (unpaired) electrons. The molecule has 0 spiro atoms. The van der Waals surface area contributed by atoms with Crippen molar-refractivity contribution in [2.75, 3.05) is 20.2 Å². The fraction of sp³-hybridized carbons (Fsp3) is 0.714. The Hall–Kier alpha value is -0.500. The quantitative estimate of drug-likeness (QED) is 0.591. The molecule has 0 amide bonds. The molecule has 0 aliphatic carbocycles. The maximum absolute atomic E-state index is 5.30. The first kappa shape index (κ1) is 6.62. The van der Waals surface area contributed by atoms with Crippen LogP contribution in [0.4, 0.5) is 0 Å². The lowest BCUT2D eigenvalue weighted by molar-refractivity contribution is 0.217. The molecular formula is C7H13NO. The molecule has 0 saturated carbocycles. The smallest absolute Gasteiger partial charge is 0.106 e. The molecule has 0 fully saturated rings. The van der Waals surface area contributed by atoms with Gasteiger partial charge >= 0.3 is 0 Å². The third-order valence-corrected chi connectivity index (χ3v) is 1.35. The van der Waals surface area contributed by atoms with E-state index in [1.54, 1.807) is 0 Å². The number of likely N-dealkylation sites (N-methyl/N-ethyl adjacent to an activating group) is 1. The van der Waals surface area contributed by atoms with E-state index in [0.717, 1.165) is 18.9 Å². The average molecular weight is 127 g/mol. The van der Waals surface area contributed by atoms with Gasteiger partial charge in [-0.1, -0.05) is 6.92 Å². The number of hydrogen-bond acceptors (Lipinski definition) is 2. The van der Waals surface area contributed by atoms with E-state index >= 15 is 0 Å². The van der Waals surface area contributed by atoms with E-state index in [1.807, 2.05) is 7.05 Å². The molecule has 1 aliphatic heterocycles. The lowest BCUT2D eigenvalue weighted by Crippen LogP contribution is -2.10. The predicted octanol–water partition coefficient (Wildman–Crippen LogP) is 0.756. The zero-order valence-electron chi connectivity index (χ0n) is 5.98. The highest BCUT2D eigenvalue weighted by atomic mass is 16.5. The highest BCUT2D eigenvalue weighted by molar-refractivity contribution is 5.02. The summed E-state index contributed by atoms with van der Waals surface area (Å²) in [5, 5.41) is 3.04. The van der Waals surface area contributed by atoms with Crippen LogP contribution >= 0.6 is 0 Å². The summed E-state index contributed by atoms with van der Waals surface area (Å²) in [6, 6.07) is 0. The second-order valence-electron chi connectivity index (χ2n) is 2.45. The van der Waals surface area contributed by atoms with Crippen LogP contribution in [0.1, 0.15) is 6.92 Å². The van der Waals surface area contributed by atoms with Crippen LogP contribution in [0.15, 0.2) is 11.8 Å². The SMILES string of the molecule is CNCC1=CC(C)CO1. The van der Waals surface area contributed by atoms with Gasteiger partial charge in [-0.05, 0) is 13.1 Å². The molecule has 0 bridgehead atoms. The van der Waals surface area contributed by atoms with E-state index in [4.69, 9.17) is 4.74 Å². The predicted molar refractivity (Wildman–Crippen MR) is 37.1 cm³/mol. The molecule has 0 saturated heterocycles. The summed E-state index contributed by atoms with van der Waals surface area (Å²) in [7, 11) is 1.92. The molecule has 0 aromatic rings. The van der Waals surface area contributed by atoms with Crippen LogP contribution in [-0.4, -0.2) is 20.2 Å². The largest absolute Gasteiger partial charge is 0.496 e. The molecule has 2 nitrogen and oxygen atoms in total. The van der Waals surface area contributed by atoms with Crippen molar-refractivity contribution in [1.29, 1.82) is 0 Å². The highest BCUT2D eigenvalue weighted by Crippen LogP contribution is 2.13. The minimum atomic E-state index is 0.605. The molecule has 9 heavy (non-hydrogen) atoms. The molecule has 1 heterocycles. The van der Waals surface area contributed by atoms with Crippen LogP contribution in [0.5, 0.6) is 0 Å². The number of nitrogens with one attached hydrogen (secondary N) is 1. The van der Waals surface area contributed by atoms with E-state index < -0.39 is 0 Å². The van der Waals surface area contributed by atoms with Gasteiger partial charge in [0, 0.05) is 5.92 Å². The van der Waals surface area contributed by atoms with E-state index in [-0.39, 0.29) is 0 Å². The van der Waals surface area contributed by atoms with E-state index in [9.17, 15) is 0 Å². The van der Waals surface area contributed by atoms with Gasteiger partial charge in [0.05, 0.1) is 13.2 Å². The fourth-order valence-electron chi connectivity index (χ4n) is 0.936. The van der Waals surface area contributed by atoms with Crippen molar-refractivity contribution >= 4 is 0 Å². The first-order chi connectivity index (χ1) is 4.33. The first-order valence-corrected chi connectivity index (χ1v) is 3.31. The van der Waals surface area contributed by atoms with Gasteiger partial charge < -0.3 is 10.1 Å². The number of hydrogen-bond donors (Lipinski definition) is 1. The third-order valence-electron chi connectivity index (χ3n) is 1.35. The average Bonchev–Trinajstić information content (AvgIpc) is 2.17. The summed E-state index contributed by atoms with van der Waals surface area (Å²) in [5.74, 6) is 1.69. The van der Waals surface area contributed by atoms with Crippen LogP contribution in [0.2, 0.25) is 0 Å². The Morgan fingerprint density at radius 3 is 3.11 bits per heavy atom. The zero-order valence-corrected chi connectivity index (χ0v) is 5.98. The van der Waals surface area contributed by atoms with E-state index in [1.165, 1.54) is 0 Å². The molecule has 52 valence electrons. The summed E-state index contributed by atoms with van der Waals surface area (Å²) in [6.45, 7) is 3.88. The minimum Gasteiger partial charge on any atom is -0.496 e. The molecular weight excluding hydrogens is 114 g/mol. The molecule has 2 heteroatoms. The Bertz CT molecular complexity index is 120. The van der Waals surface area contributed by atoms with Crippen molar-refractivity contribution in [1.82, 2.24) is 5.32 Å². The van der Waals surface area contributed by atoms with E-state index in [0.29, 0.717) is 5.92 Å². The third kappa shape index (κ3) is 1.72. The van der Waals surface area contributed by atoms with Crippen LogP contribution in [0, 0.1) is 5.92 Å². The Morgan fingerprint density at radius 2 is 2.67 bits per heavy atom. The van der Waals surface area contributed by atoms with Crippen LogP contribution < -0.4 is 5.32 Å². The Kier molecular flexibility index (Phi) is 2.11. The Morgan fingerprint density at radius 1 is 1.89 bits per heavy atom. The monoisotopic (exact) mass is 127 g/mol. The van der Waals surface area contributed by atoms with Crippen molar-refractivity contribution in [2.45, 2.75) is 6.92 Å². The number of rotatable bonds is 2. The van der Waals surface area contributed by atoms with Gasteiger partial charge in [0.25, 0.3) is 0 Å². The minimum absolute atomic E-state index is 0.605. The second-order valence-corrected chi connectivity index (χ2v) is 2.45. The molecule has 0 aromatic carbocycles. The topological polar surface area (TPSA) is 21.3 Å².